The summed E-state index contributed by atoms with van der Waals surface area (Å²) in [6.45, 7) is 4.09. The van der Waals surface area contributed by atoms with Crippen LogP contribution in [0.5, 0.6) is 0 Å². The fourth-order valence-corrected chi connectivity index (χ4v) is 4.27. The van der Waals surface area contributed by atoms with Crippen molar-refractivity contribution in [3.05, 3.63) is 58.6 Å². The molecule has 2 aliphatic rings. The van der Waals surface area contributed by atoms with Crippen molar-refractivity contribution < 1.29 is 4.79 Å². The van der Waals surface area contributed by atoms with E-state index in [0.29, 0.717) is 16.6 Å². The van der Waals surface area contributed by atoms with E-state index in [9.17, 15) is 4.79 Å². The molecule has 2 aliphatic heterocycles. The van der Waals surface area contributed by atoms with E-state index in [1.54, 1.807) is 6.07 Å². The minimum Gasteiger partial charge on any atom is -0.306 e. The van der Waals surface area contributed by atoms with Gasteiger partial charge in [-0.25, -0.2) is 4.79 Å². The van der Waals surface area contributed by atoms with Gasteiger partial charge in [-0.3, -0.25) is 4.90 Å². The van der Waals surface area contributed by atoms with Gasteiger partial charge < -0.3 is 10.2 Å². The zero-order chi connectivity index (χ0) is 17.6. The van der Waals surface area contributed by atoms with Crippen molar-refractivity contribution in [2.75, 3.05) is 30.4 Å². The van der Waals surface area contributed by atoms with Gasteiger partial charge in [-0.2, -0.15) is 0 Å². The van der Waals surface area contributed by atoms with Gasteiger partial charge in [-0.05, 0) is 50.7 Å². The molecule has 0 spiro atoms. The van der Waals surface area contributed by atoms with E-state index in [1.165, 1.54) is 11.1 Å². The Morgan fingerprint density at radius 1 is 1.24 bits per heavy atom. The van der Waals surface area contributed by atoms with Crippen LogP contribution in [0, 0.1) is 6.92 Å². The monoisotopic (exact) mass is 355 g/mol. The zero-order valence-corrected chi connectivity index (χ0v) is 15.3. The van der Waals surface area contributed by atoms with E-state index in [1.807, 2.05) is 23.1 Å². The normalized spacial score (nSPS) is 22.4. The summed E-state index contributed by atoms with van der Waals surface area (Å²) in [4.78, 5) is 17.4. The topological polar surface area (TPSA) is 35.6 Å². The van der Waals surface area contributed by atoms with Gasteiger partial charge in [-0.1, -0.05) is 41.4 Å². The van der Waals surface area contributed by atoms with Gasteiger partial charge in [0, 0.05) is 24.2 Å². The van der Waals surface area contributed by atoms with E-state index in [-0.39, 0.29) is 12.1 Å². The third-order valence-electron chi connectivity index (χ3n) is 5.29. The number of carbonyl (C=O) groups excluding carboxylic acids is 1. The van der Waals surface area contributed by atoms with E-state index in [2.05, 4.69) is 42.4 Å². The van der Waals surface area contributed by atoms with Crippen molar-refractivity contribution in [3.8, 4) is 0 Å². The second-order valence-electron chi connectivity index (χ2n) is 7.07. The highest BCUT2D eigenvalue weighted by atomic mass is 35.5. The van der Waals surface area contributed by atoms with Crippen molar-refractivity contribution in [3.63, 3.8) is 0 Å². The smallest absolute Gasteiger partial charge is 0.306 e. The number of benzene rings is 2. The number of amides is 2. The predicted octanol–water partition coefficient (Wildman–Crippen LogP) is 4.49. The number of halogens is 1. The molecular weight excluding hydrogens is 334 g/mol. The lowest BCUT2D eigenvalue weighted by Gasteiger charge is -2.36. The Hall–Kier alpha value is -2.04. The summed E-state index contributed by atoms with van der Waals surface area (Å²) in [6, 6.07) is 13.8. The molecule has 2 atom stereocenters. The number of nitrogens with one attached hydrogen (secondary N) is 1. The Labute approximate surface area is 153 Å². The van der Waals surface area contributed by atoms with E-state index >= 15 is 0 Å². The largest absolute Gasteiger partial charge is 0.326 e. The molecule has 0 saturated carbocycles. The fraction of sp³-hybridized carbons (Fsp3) is 0.350. The summed E-state index contributed by atoms with van der Waals surface area (Å²) in [7, 11) is 2.15. The SMILES string of the molecule is Cc1ccc2c(c1)C1CN(C)CCC1N2C(=O)Nc1ccccc1Cl. The quantitative estimate of drug-likeness (QED) is 0.818. The lowest BCUT2D eigenvalue weighted by molar-refractivity contribution is 0.224. The third-order valence-corrected chi connectivity index (χ3v) is 5.62. The number of para-hydroxylation sites is 1. The number of hydrogen-bond donors (Lipinski definition) is 1. The van der Waals surface area contributed by atoms with Gasteiger partial charge in [0.15, 0.2) is 0 Å². The molecule has 1 N–H and O–H groups in total. The molecular formula is C20H22ClN3O. The maximum Gasteiger partial charge on any atom is 0.326 e. The van der Waals surface area contributed by atoms with Gasteiger partial charge in [-0.15, -0.1) is 0 Å². The number of anilines is 2. The molecule has 0 aromatic heterocycles. The molecule has 2 amide bonds. The van der Waals surface area contributed by atoms with Crippen LogP contribution < -0.4 is 10.2 Å². The average Bonchev–Trinajstić information content (AvgIpc) is 2.90. The van der Waals surface area contributed by atoms with Crippen LogP contribution in [0.25, 0.3) is 0 Å². The van der Waals surface area contributed by atoms with Crippen LogP contribution in [0.2, 0.25) is 5.02 Å². The summed E-state index contributed by atoms with van der Waals surface area (Å²) in [5, 5.41) is 3.55. The molecule has 4 nitrogen and oxygen atoms in total. The molecule has 0 bridgehead atoms. The lowest BCUT2D eigenvalue weighted by Crippen LogP contribution is -2.48. The number of rotatable bonds is 1. The van der Waals surface area contributed by atoms with Crippen LogP contribution >= 0.6 is 11.6 Å². The van der Waals surface area contributed by atoms with E-state index < -0.39 is 0 Å². The van der Waals surface area contributed by atoms with Crippen LogP contribution in [0.15, 0.2) is 42.5 Å². The number of piperidine rings is 1. The number of aryl methyl sites for hydroxylation is 1. The van der Waals surface area contributed by atoms with Gasteiger partial charge in [0.05, 0.1) is 10.7 Å². The van der Waals surface area contributed by atoms with Gasteiger partial charge in [0.2, 0.25) is 0 Å². The minimum atomic E-state index is -0.102. The lowest BCUT2D eigenvalue weighted by atomic mass is 9.89. The Kier molecular flexibility index (Phi) is 4.18. The molecule has 2 heterocycles. The van der Waals surface area contributed by atoms with Crippen LogP contribution in [0.4, 0.5) is 16.2 Å². The first-order valence-corrected chi connectivity index (χ1v) is 9.06. The number of likely N-dealkylation sites (N-methyl/N-ethyl adjacent to an activating group) is 1. The highest BCUT2D eigenvalue weighted by Gasteiger charge is 2.44. The second kappa shape index (κ2) is 6.36. The standard InChI is InChI=1S/C20H22ClN3O/c1-13-7-8-18-14(11-13)15-12-23(2)10-9-19(15)24(18)20(25)22-17-6-4-3-5-16(17)21/h3-8,11,15,19H,9-10,12H2,1-2H3,(H,22,25). The Morgan fingerprint density at radius 2 is 2.04 bits per heavy atom. The Morgan fingerprint density at radius 3 is 2.84 bits per heavy atom. The van der Waals surface area contributed by atoms with Crippen LogP contribution in [0.1, 0.15) is 23.5 Å². The van der Waals surface area contributed by atoms with Crippen molar-refractivity contribution in [2.45, 2.75) is 25.3 Å². The van der Waals surface area contributed by atoms with Gasteiger partial charge >= 0.3 is 6.03 Å². The molecule has 25 heavy (non-hydrogen) atoms. The summed E-state index contributed by atoms with van der Waals surface area (Å²) in [5.74, 6) is 0.366. The molecule has 0 radical (unpaired) electrons. The molecule has 2 aromatic rings. The summed E-state index contributed by atoms with van der Waals surface area (Å²) in [5.41, 5.74) is 4.20. The van der Waals surface area contributed by atoms with Crippen molar-refractivity contribution in [1.82, 2.24) is 4.90 Å². The van der Waals surface area contributed by atoms with Crippen LogP contribution in [0.3, 0.4) is 0 Å². The van der Waals surface area contributed by atoms with Crippen LogP contribution in [-0.4, -0.2) is 37.1 Å². The first-order valence-electron chi connectivity index (χ1n) is 8.68. The molecule has 130 valence electrons. The van der Waals surface area contributed by atoms with Crippen molar-refractivity contribution in [2.24, 2.45) is 0 Å². The number of likely N-dealkylation sites (tertiary alicyclic amines) is 1. The minimum absolute atomic E-state index is 0.102. The van der Waals surface area contributed by atoms with Crippen molar-refractivity contribution >= 4 is 29.0 Å². The second-order valence-corrected chi connectivity index (χ2v) is 7.47. The summed E-state index contributed by atoms with van der Waals surface area (Å²) in [6.07, 6.45) is 0.977. The number of hydrogen-bond acceptors (Lipinski definition) is 2. The zero-order valence-electron chi connectivity index (χ0n) is 14.5. The van der Waals surface area contributed by atoms with E-state index in [0.717, 1.165) is 25.2 Å². The fourth-order valence-electron chi connectivity index (χ4n) is 4.08. The third kappa shape index (κ3) is 2.90. The Bertz CT molecular complexity index is 822. The summed E-state index contributed by atoms with van der Waals surface area (Å²) < 4.78 is 0. The number of carbonyl (C=O) groups is 1. The first kappa shape index (κ1) is 16.4. The average molecular weight is 356 g/mol. The maximum absolute atomic E-state index is 13.1. The Balaban J connectivity index is 1.69. The first-order chi connectivity index (χ1) is 12.0. The highest BCUT2D eigenvalue weighted by molar-refractivity contribution is 6.33. The maximum atomic E-state index is 13.1. The van der Waals surface area contributed by atoms with Gasteiger partial charge in [0.1, 0.15) is 0 Å². The number of nitrogens with zero attached hydrogens (tertiary/aromatic N) is 2. The van der Waals surface area contributed by atoms with Crippen LogP contribution in [-0.2, 0) is 0 Å². The highest BCUT2D eigenvalue weighted by Crippen LogP contribution is 2.45. The van der Waals surface area contributed by atoms with E-state index in [4.69, 9.17) is 11.6 Å². The molecule has 2 unspecified atom stereocenters. The van der Waals surface area contributed by atoms with Crippen molar-refractivity contribution in [1.29, 1.82) is 0 Å². The predicted molar refractivity (Wildman–Crippen MR) is 103 cm³/mol. The molecule has 2 aromatic carbocycles. The number of urea groups is 1. The molecule has 1 fully saturated rings. The van der Waals surface area contributed by atoms with Gasteiger partial charge in [0.25, 0.3) is 0 Å². The molecule has 5 heteroatoms. The molecule has 0 aliphatic carbocycles. The molecule has 4 rings (SSSR count). The number of fused-ring (bicyclic) bond motifs is 3. The molecule has 1 saturated heterocycles. The summed E-state index contributed by atoms with van der Waals surface area (Å²) >= 11 is 6.21.